The summed E-state index contributed by atoms with van der Waals surface area (Å²) >= 11 is 6.02. The Bertz CT molecular complexity index is 1450. The van der Waals surface area contributed by atoms with Crippen LogP contribution in [0.25, 0.3) is 5.76 Å². The molecule has 184 valence electrons. The van der Waals surface area contributed by atoms with Gasteiger partial charge in [-0.2, -0.15) is 0 Å². The van der Waals surface area contributed by atoms with Crippen LogP contribution in [-0.4, -0.2) is 28.2 Å². The van der Waals surface area contributed by atoms with Gasteiger partial charge in [0.15, 0.2) is 0 Å². The maximum absolute atomic E-state index is 13.3. The third-order valence-corrected chi connectivity index (χ3v) is 6.55. The van der Waals surface area contributed by atoms with Crippen LogP contribution in [0.2, 0.25) is 5.02 Å². The van der Waals surface area contributed by atoms with Gasteiger partial charge in [0.2, 0.25) is 0 Å². The molecule has 0 spiro atoms. The summed E-state index contributed by atoms with van der Waals surface area (Å²) in [6, 6.07) is 32.1. The third kappa shape index (κ3) is 5.27. The number of aliphatic hydroxyl groups is 1. The van der Waals surface area contributed by atoms with E-state index >= 15 is 0 Å². The molecule has 4 aromatic carbocycles. The van der Waals surface area contributed by atoms with E-state index in [1.807, 2.05) is 78.9 Å². The van der Waals surface area contributed by atoms with E-state index in [0.717, 1.165) is 5.56 Å². The highest BCUT2D eigenvalue weighted by atomic mass is 35.5. The first kappa shape index (κ1) is 24.3. The van der Waals surface area contributed by atoms with Gasteiger partial charge in [0.05, 0.1) is 11.6 Å². The Kier molecular flexibility index (Phi) is 7.06. The molecular formula is C31H24ClNO4. The molecule has 1 amide bonds. The van der Waals surface area contributed by atoms with Crippen LogP contribution in [0.4, 0.5) is 0 Å². The lowest BCUT2D eigenvalue weighted by Crippen LogP contribution is -2.31. The molecule has 5 nitrogen and oxygen atoms in total. The topological polar surface area (TPSA) is 66.8 Å². The lowest BCUT2D eigenvalue weighted by Gasteiger charge is -2.26. The standard InChI is InChI=1S/C31H24ClNO4/c32-24-16-14-22(15-17-24)29(34)27-28(23-10-7-13-26(20-23)37-25-11-5-2-6-12-25)33(31(36)30(27)35)19-18-21-8-3-1-4-9-21/h1-17,20,28,34H,18-19H2. The SMILES string of the molecule is O=C1C(=O)N(CCc2ccccc2)C(c2cccc(Oc3ccccc3)c2)C1=C(O)c1ccc(Cl)cc1. The minimum atomic E-state index is -0.779. The number of amides is 1. The van der Waals surface area contributed by atoms with Crippen molar-refractivity contribution >= 4 is 29.1 Å². The van der Waals surface area contributed by atoms with Crippen molar-refractivity contribution in [3.05, 3.63) is 136 Å². The lowest BCUT2D eigenvalue weighted by molar-refractivity contribution is -0.139. The normalized spacial score (nSPS) is 16.7. The molecule has 1 unspecified atom stereocenters. The van der Waals surface area contributed by atoms with Crippen molar-refractivity contribution in [3.8, 4) is 11.5 Å². The number of carbonyl (C=O) groups is 2. The zero-order chi connectivity index (χ0) is 25.8. The van der Waals surface area contributed by atoms with E-state index in [4.69, 9.17) is 16.3 Å². The van der Waals surface area contributed by atoms with Gasteiger partial charge in [0.1, 0.15) is 17.3 Å². The first-order valence-corrected chi connectivity index (χ1v) is 12.3. The molecule has 0 aromatic heterocycles. The van der Waals surface area contributed by atoms with Crippen LogP contribution in [0.3, 0.4) is 0 Å². The number of hydrogen-bond donors (Lipinski definition) is 1. The molecule has 0 radical (unpaired) electrons. The monoisotopic (exact) mass is 509 g/mol. The molecule has 4 aromatic rings. The number of benzene rings is 4. The molecule has 0 bridgehead atoms. The highest BCUT2D eigenvalue weighted by Gasteiger charge is 2.46. The molecule has 37 heavy (non-hydrogen) atoms. The van der Waals surface area contributed by atoms with Crippen molar-refractivity contribution in [1.82, 2.24) is 4.90 Å². The quantitative estimate of drug-likeness (QED) is 0.169. The number of carbonyl (C=O) groups excluding carboxylic acids is 2. The Balaban J connectivity index is 1.56. The summed E-state index contributed by atoms with van der Waals surface area (Å²) in [5.41, 5.74) is 2.16. The molecule has 0 aliphatic carbocycles. The van der Waals surface area contributed by atoms with Crippen molar-refractivity contribution < 1.29 is 19.4 Å². The second-order valence-electron chi connectivity index (χ2n) is 8.72. The maximum atomic E-state index is 13.3. The van der Waals surface area contributed by atoms with E-state index in [0.29, 0.717) is 40.6 Å². The number of hydrogen-bond acceptors (Lipinski definition) is 4. The van der Waals surface area contributed by atoms with E-state index in [1.165, 1.54) is 4.90 Å². The predicted molar refractivity (Wildman–Crippen MR) is 144 cm³/mol. The molecule has 1 heterocycles. The number of nitrogens with zero attached hydrogens (tertiary/aromatic N) is 1. The zero-order valence-electron chi connectivity index (χ0n) is 19.9. The van der Waals surface area contributed by atoms with Gasteiger partial charge < -0.3 is 14.7 Å². The Hall–Kier alpha value is -4.35. The van der Waals surface area contributed by atoms with Gasteiger partial charge in [-0.1, -0.05) is 72.3 Å². The highest BCUT2D eigenvalue weighted by molar-refractivity contribution is 6.46. The smallest absolute Gasteiger partial charge is 0.295 e. The minimum Gasteiger partial charge on any atom is -0.507 e. The number of aliphatic hydroxyl groups excluding tert-OH is 1. The average Bonchev–Trinajstić information content (AvgIpc) is 3.18. The molecule has 1 saturated heterocycles. The van der Waals surface area contributed by atoms with Gasteiger partial charge in [-0.15, -0.1) is 0 Å². The molecule has 1 aliphatic rings. The number of likely N-dealkylation sites (tertiary alicyclic amines) is 1. The summed E-state index contributed by atoms with van der Waals surface area (Å²) in [6.45, 7) is 0.306. The minimum absolute atomic E-state index is 0.0391. The number of para-hydroxylation sites is 1. The van der Waals surface area contributed by atoms with Crippen molar-refractivity contribution in [2.24, 2.45) is 0 Å². The third-order valence-electron chi connectivity index (χ3n) is 6.29. The van der Waals surface area contributed by atoms with Gasteiger partial charge in [0, 0.05) is 17.1 Å². The van der Waals surface area contributed by atoms with Crippen molar-refractivity contribution in [1.29, 1.82) is 0 Å². The van der Waals surface area contributed by atoms with E-state index in [9.17, 15) is 14.7 Å². The van der Waals surface area contributed by atoms with Crippen molar-refractivity contribution in [3.63, 3.8) is 0 Å². The lowest BCUT2D eigenvalue weighted by atomic mass is 9.95. The van der Waals surface area contributed by atoms with Crippen LogP contribution in [-0.2, 0) is 16.0 Å². The van der Waals surface area contributed by atoms with Crippen LogP contribution in [0.1, 0.15) is 22.7 Å². The van der Waals surface area contributed by atoms with Gasteiger partial charge in [-0.3, -0.25) is 9.59 Å². The van der Waals surface area contributed by atoms with Crippen LogP contribution in [0.15, 0.2) is 115 Å². The Morgan fingerprint density at radius 2 is 1.46 bits per heavy atom. The van der Waals surface area contributed by atoms with Gasteiger partial charge in [-0.05, 0) is 66.1 Å². The highest BCUT2D eigenvalue weighted by Crippen LogP contribution is 2.40. The summed E-state index contributed by atoms with van der Waals surface area (Å²) in [4.78, 5) is 28.1. The van der Waals surface area contributed by atoms with Gasteiger partial charge >= 0.3 is 0 Å². The van der Waals surface area contributed by atoms with Crippen LogP contribution in [0.5, 0.6) is 11.5 Å². The summed E-state index contributed by atoms with van der Waals surface area (Å²) < 4.78 is 6.01. The summed E-state index contributed by atoms with van der Waals surface area (Å²) in [5, 5.41) is 11.7. The van der Waals surface area contributed by atoms with E-state index < -0.39 is 17.7 Å². The maximum Gasteiger partial charge on any atom is 0.295 e. The second kappa shape index (κ2) is 10.7. The molecule has 5 rings (SSSR count). The molecule has 1 fully saturated rings. The molecule has 6 heteroatoms. The Morgan fingerprint density at radius 1 is 0.811 bits per heavy atom. The van der Waals surface area contributed by atoms with E-state index in [2.05, 4.69) is 0 Å². The second-order valence-corrected chi connectivity index (χ2v) is 9.16. The largest absolute Gasteiger partial charge is 0.507 e. The number of ketones is 1. The molecular weight excluding hydrogens is 486 g/mol. The van der Waals surface area contributed by atoms with Gasteiger partial charge in [0.25, 0.3) is 11.7 Å². The molecule has 1 N–H and O–H groups in total. The first-order valence-electron chi connectivity index (χ1n) is 11.9. The number of halogens is 1. The van der Waals surface area contributed by atoms with Crippen molar-refractivity contribution in [2.75, 3.05) is 6.54 Å². The first-order chi connectivity index (χ1) is 18.0. The fraction of sp³-hybridized carbons (Fsp3) is 0.0968. The number of rotatable bonds is 7. The Morgan fingerprint density at radius 3 is 2.16 bits per heavy atom. The predicted octanol–water partition coefficient (Wildman–Crippen LogP) is 6.80. The van der Waals surface area contributed by atoms with E-state index in [1.54, 1.807) is 30.3 Å². The summed E-state index contributed by atoms with van der Waals surface area (Å²) in [5.74, 6) is -0.384. The fourth-order valence-electron chi connectivity index (χ4n) is 4.49. The molecule has 1 aliphatic heterocycles. The molecule has 0 saturated carbocycles. The van der Waals surface area contributed by atoms with Gasteiger partial charge in [-0.25, -0.2) is 0 Å². The summed E-state index contributed by atoms with van der Waals surface area (Å²) in [6.07, 6.45) is 0.561. The van der Waals surface area contributed by atoms with Crippen LogP contribution >= 0.6 is 11.6 Å². The van der Waals surface area contributed by atoms with E-state index in [-0.39, 0.29) is 11.3 Å². The number of Topliss-reactive ketones (excluding diaryl/α,β-unsaturated/α-hetero) is 1. The molecule has 1 atom stereocenters. The summed E-state index contributed by atoms with van der Waals surface area (Å²) in [7, 11) is 0. The van der Waals surface area contributed by atoms with Crippen molar-refractivity contribution in [2.45, 2.75) is 12.5 Å². The zero-order valence-corrected chi connectivity index (χ0v) is 20.6. The Labute approximate surface area is 220 Å². The average molecular weight is 510 g/mol. The number of ether oxygens (including phenoxy) is 1. The fourth-order valence-corrected chi connectivity index (χ4v) is 4.61. The van der Waals surface area contributed by atoms with Crippen LogP contribution < -0.4 is 4.74 Å². The van der Waals surface area contributed by atoms with Crippen LogP contribution in [0, 0.1) is 0 Å².